The number of hydrogen-bond donors (Lipinski definition) is 5. The molecule has 0 saturated carbocycles. The number of urea groups is 1. The van der Waals surface area contributed by atoms with Gasteiger partial charge in [0.05, 0.1) is 27.6 Å². The fourth-order valence-corrected chi connectivity index (χ4v) is 2.84. The van der Waals surface area contributed by atoms with Crippen LogP contribution in [0, 0.1) is 5.82 Å². The Labute approximate surface area is 175 Å². The minimum atomic E-state index is -1.33. The number of hydrogen-bond acceptors (Lipinski definition) is 4. The Morgan fingerprint density at radius 2 is 1.90 bits per heavy atom. The average Bonchev–Trinajstić information content (AvgIpc) is 3.18. The topological polar surface area (TPSA) is 133 Å². The van der Waals surface area contributed by atoms with Gasteiger partial charge in [-0.1, -0.05) is 24.2 Å². The molecular formula is C21H16FN5O3. The minimum absolute atomic E-state index is 0.0418. The highest BCUT2D eigenvalue weighted by Gasteiger charge is 2.12. The minimum Gasteiger partial charge on any atom is -0.478 e. The number of rotatable bonds is 4. The van der Waals surface area contributed by atoms with Gasteiger partial charge in [-0.3, -0.25) is 5.10 Å². The quantitative estimate of drug-likeness (QED) is 0.343. The lowest BCUT2D eigenvalue weighted by Crippen LogP contribution is -2.20. The van der Waals surface area contributed by atoms with Gasteiger partial charge in [-0.25, -0.2) is 14.0 Å². The molecule has 3 aromatic carbocycles. The van der Waals surface area contributed by atoms with Gasteiger partial charge >= 0.3 is 12.0 Å². The third kappa shape index (κ3) is 3.63. The molecule has 4 aromatic rings. The van der Waals surface area contributed by atoms with Crippen LogP contribution in [0.2, 0.25) is 0 Å². The molecule has 9 heteroatoms. The Kier molecular flexibility index (Phi) is 3.67. The van der Waals surface area contributed by atoms with Crippen molar-refractivity contribution in [3.63, 3.8) is 0 Å². The molecule has 6 N–H and O–H groups in total. The zero-order valence-corrected chi connectivity index (χ0v) is 15.1. The van der Waals surface area contributed by atoms with Crippen LogP contribution in [0.4, 0.5) is 26.4 Å². The molecule has 0 radical (unpaired) electrons. The third-order valence-electron chi connectivity index (χ3n) is 4.21. The number of H-pyrrole nitrogens is 1. The first-order valence-electron chi connectivity index (χ1n) is 10.5. The molecule has 150 valence electrons. The molecule has 0 saturated heterocycles. The second-order valence-electron chi connectivity index (χ2n) is 6.17. The van der Waals surface area contributed by atoms with E-state index in [1.165, 1.54) is 0 Å². The Morgan fingerprint density at radius 3 is 2.63 bits per heavy atom. The number of anilines is 3. The lowest BCUT2D eigenvalue weighted by atomic mass is 10.0. The number of nitrogens with zero attached hydrogens (tertiary/aromatic N) is 1. The van der Waals surface area contributed by atoms with Crippen molar-refractivity contribution < 1.29 is 24.6 Å². The first-order valence-corrected chi connectivity index (χ1v) is 8.54. The second-order valence-corrected chi connectivity index (χ2v) is 6.17. The highest BCUT2D eigenvalue weighted by molar-refractivity contribution is 6.03. The zero-order valence-electron chi connectivity index (χ0n) is 19.1. The molecular weight excluding hydrogens is 389 g/mol. The monoisotopic (exact) mass is 409 g/mol. The molecule has 1 heterocycles. The van der Waals surface area contributed by atoms with Gasteiger partial charge in [-0.05, 0) is 47.5 Å². The summed E-state index contributed by atoms with van der Waals surface area (Å²) in [5.41, 5.74) is 5.58. The SMILES string of the molecule is [2H]c1c([2H])c(-c2cccc3[nH]nc(N)c23)c([2H])c([2H])c1NC(=O)Nc1cc(C(=O)O)ccc1F. The normalized spacial score (nSPS) is 12.6. The summed E-state index contributed by atoms with van der Waals surface area (Å²) in [5, 5.41) is 20.4. The average molecular weight is 409 g/mol. The molecule has 2 amide bonds. The number of benzene rings is 3. The van der Waals surface area contributed by atoms with Crippen LogP contribution in [0.3, 0.4) is 0 Å². The van der Waals surface area contributed by atoms with Crippen LogP contribution in [0.15, 0.2) is 60.6 Å². The number of nitrogens with one attached hydrogen (secondary N) is 3. The Morgan fingerprint density at radius 1 is 1.13 bits per heavy atom. The number of aromatic amines is 1. The predicted octanol–water partition coefficient (Wildman–Crippen LogP) is 4.29. The van der Waals surface area contributed by atoms with Gasteiger partial charge < -0.3 is 21.5 Å². The lowest BCUT2D eigenvalue weighted by molar-refractivity contribution is 0.0697. The van der Waals surface area contributed by atoms with Crippen molar-refractivity contribution in [3.8, 4) is 11.1 Å². The first-order chi connectivity index (χ1) is 16.1. The summed E-state index contributed by atoms with van der Waals surface area (Å²) >= 11 is 0. The highest BCUT2D eigenvalue weighted by Crippen LogP contribution is 2.31. The van der Waals surface area contributed by atoms with Crippen molar-refractivity contribution in [1.82, 2.24) is 10.2 Å². The molecule has 0 aliphatic rings. The van der Waals surface area contributed by atoms with E-state index in [2.05, 4.69) is 20.8 Å². The number of carbonyl (C=O) groups is 2. The van der Waals surface area contributed by atoms with Crippen molar-refractivity contribution in [2.75, 3.05) is 16.4 Å². The first kappa shape index (κ1) is 14.6. The summed E-state index contributed by atoms with van der Waals surface area (Å²) in [7, 11) is 0. The number of fused-ring (bicyclic) bond motifs is 1. The van der Waals surface area contributed by atoms with Gasteiger partial charge in [0.15, 0.2) is 5.82 Å². The molecule has 0 fully saturated rings. The molecule has 8 nitrogen and oxygen atoms in total. The van der Waals surface area contributed by atoms with Crippen LogP contribution in [-0.2, 0) is 0 Å². The number of amides is 2. The van der Waals surface area contributed by atoms with E-state index < -0.39 is 53.4 Å². The van der Waals surface area contributed by atoms with Gasteiger partial charge in [0.1, 0.15) is 5.82 Å². The van der Waals surface area contributed by atoms with Crippen LogP contribution in [0.1, 0.15) is 15.8 Å². The summed E-state index contributed by atoms with van der Waals surface area (Å²) < 4.78 is 47.5. The largest absolute Gasteiger partial charge is 0.478 e. The lowest BCUT2D eigenvalue weighted by Gasteiger charge is -2.10. The standard InChI is InChI=1S/C21H16FN5O3/c22-15-9-6-12(20(28)29)10-17(15)25-21(30)24-13-7-4-11(5-8-13)14-2-1-3-16-18(14)19(23)27-26-16/h1-10H,(H,28,29)(H3,23,26,27)(H2,24,25,30)/i4D,5D,7D,8D. The van der Waals surface area contributed by atoms with Gasteiger partial charge in [-0.2, -0.15) is 5.10 Å². The molecule has 0 atom stereocenters. The number of nitrogens with two attached hydrogens (primary N) is 1. The summed E-state index contributed by atoms with van der Waals surface area (Å²) in [6, 6.07) is 4.64. The van der Waals surface area contributed by atoms with Crippen molar-refractivity contribution in [2.45, 2.75) is 0 Å². The Hall–Kier alpha value is -4.40. The molecule has 1 aromatic heterocycles. The molecule has 0 aliphatic carbocycles. The van der Waals surface area contributed by atoms with Crippen molar-refractivity contribution in [2.24, 2.45) is 0 Å². The third-order valence-corrected chi connectivity index (χ3v) is 4.21. The number of nitrogen functional groups attached to an aromatic ring is 1. The zero-order chi connectivity index (χ0) is 24.7. The summed E-state index contributed by atoms with van der Waals surface area (Å²) in [4.78, 5) is 23.5. The Bertz CT molecular complexity index is 1460. The van der Waals surface area contributed by atoms with Gasteiger partial charge in [0.25, 0.3) is 0 Å². The molecule has 0 bridgehead atoms. The predicted molar refractivity (Wildman–Crippen MR) is 112 cm³/mol. The maximum absolute atomic E-state index is 14.0. The van der Waals surface area contributed by atoms with Crippen LogP contribution < -0.4 is 16.4 Å². The fourth-order valence-electron chi connectivity index (χ4n) is 2.84. The number of aromatic carboxylic acids is 1. The van der Waals surface area contributed by atoms with Gasteiger partial charge in [-0.15, -0.1) is 0 Å². The van der Waals surface area contributed by atoms with Gasteiger partial charge in [0, 0.05) is 5.69 Å². The smallest absolute Gasteiger partial charge is 0.335 e. The number of carboxylic acid groups (broad SMARTS) is 1. The fraction of sp³-hybridized carbons (Fsp3) is 0. The van der Waals surface area contributed by atoms with Crippen molar-refractivity contribution in [3.05, 3.63) is 71.9 Å². The van der Waals surface area contributed by atoms with Crippen LogP contribution in [0.25, 0.3) is 22.0 Å². The van der Waals surface area contributed by atoms with Crippen LogP contribution in [0.5, 0.6) is 0 Å². The molecule has 0 unspecified atom stereocenters. The van der Waals surface area contributed by atoms with Crippen LogP contribution >= 0.6 is 0 Å². The van der Waals surface area contributed by atoms with E-state index in [1.807, 2.05) is 0 Å². The summed E-state index contributed by atoms with van der Waals surface area (Å²) in [6.45, 7) is 0. The molecule has 4 rings (SSSR count). The van der Waals surface area contributed by atoms with Crippen molar-refractivity contribution >= 4 is 40.1 Å². The number of halogens is 1. The van der Waals surface area contributed by atoms with E-state index in [9.17, 15) is 14.0 Å². The van der Waals surface area contributed by atoms with E-state index in [0.29, 0.717) is 16.5 Å². The summed E-state index contributed by atoms with van der Waals surface area (Å²) in [6.07, 6.45) is 0. The van der Waals surface area contributed by atoms with Crippen molar-refractivity contribution in [1.29, 1.82) is 0 Å². The van der Waals surface area contributed by atoms with E-state index in [-0.39, 0.29) is 16.9 Å². The summed E-state index contributed by atoms with van der Waals surface area (Å²) in [5.74, 6) is -2.11. The van der Waals surface area contributed by atoms with Crippen LogP contribution in [-0.4, -0.2) is 27.3 Å². The van der Waals surface area contributed by atoms with E-state index in [1.54, 1.807) is 18.2 Å². The molecule has 0 spiro atoms. The Balaban J connectivity index is 1.73. The number of aromatic nitrogens is 2. The van der Waals surface area contributed by atoms with E-state index >= 15 is 0 Å². The maximum Gasteiger partial charge on any atom is 0.335 e. The van der Waals surface area contributed by atoms with Gasteiger partial charge in [0.2, 0.25) is 0 Å². The highest BCUT2D eigenvalue weighted by atomic mass is 19.1. The van der Waals surface area contributed by atoms with E-state index in [4.69, 9.17) is 16.3 Å². The van der Waals surface area contributed by atoms with E-state index in [0.717, 1.165) is 18.2 Å². The number of carbonyl (C=O) groups excluding carboxylic acids is 1. The second kappa shape index (κ2) is 7.55. The maximum atomic E-state index is 14.0. The molecule has 30 heavy (non-hydrogen) atoms. The number of carboxylic acids is 1. The molecule has 0 aliphatic heterocycles.